The van der Waals surface area contributed by atoms with Crippen molar-refractivity contribution in [2.45, 2.75) is 19.4 Å². The number of esters is 1. The number of methoxy groups -OCH3 is 1. The van der Waals surface area contributed by atoms with Gasteiger partial charge in [0.15, 0.2) is 0 Å². The van der Waals surface area contributed by atoms with Gasteiger partial charge in [0, 0.05) is 5.75 Å². The van der Waals surface area contributed by atoms with Gasteiger partial charge in [0.25, 0.3) is 0 Å². The van der Waals surface area contributed by atoms with Crippen LogP contribution in [-0.4, -0.2) is 47.3 Å². The van der Waals surface area contributed by atoms with E-state index in [0.717, 1.165) is 0 Å². The third-order valence-corrected chi connectivity index (χ3v) is 3.09. The van der Waals surface area contributed by atoms with Crippen molar-refractivity contribution >= 4 is 29.4 Å². The summed E-state index contributed by atoms with van der Waals surface area (Å²) >= 11 is 1.48. The lowest BCUT2D eigenvalue weighted by molar-refractivity contribution is -0.151. The fourth-order valence-electron chi connectivity index (χ4n) is 1.33. The summed E-state index contributed by atoms with van der Waals surface area (Å²) in [6.07, 6.45) is -0.145. The molecule has 1 rings (SSSR count). The fourth-order valence-corrected chi connectivity index (χ4v) is 2.50. The monoisotopic (exact) mass is 231 g/mol. The predicted molar refractivity (Wildman–Crippen MR) is 55.3 cm³/mol. The molecule has 0 N–H and O–H groups in total. The Bertz CT molecular complexity index is 292. The van der Waals surface area contributed by atoms with E-state index < -0.39 is 12.0 Å². The van der Waals surface area contributed by atoms with Gasteiger partial charge in [-0.2, -0.15) is 0 Å². The minimum Gasteiger partial charge on any atom is -0.467 e. The van der Waals surface area contributed by atoms with Crippen LogP contribution in [0.25, 0.3) is 0 Å². The van der Waals surface area contributed by atoms with Crippen LogP contribution in [0.2, 0.25) is 0 Å². The van der Waals surface area contributed by atoms with Gasteiger partial charge < -0.3 is 9.64 Å². The van der Waals surface area contributed by atoms with Gasteiger partial charge in [0.05, 0.1) is 19.4 Å². The zero-order valence-electron chi connectivity index (χ0n) is 8.69. The van der Waals surface area contributed by atoms with Crippen LogP contribution < -0.4 is 0 Å². The lowest BCUT2D eigenvalue weighted by Gasteiger charge is -2.20. The first-order valence-electron chi connectivity index (χ1n) is 4.50. The molecule has 15 heavy (non-hydrogen) atoms. The molecular weight excluding hydrogens is 218 g/mol. The molecule has 0 aromatic rings. The zero-order valence-corrected chi connectivity index (χ0v) is 9.50. The lowest BCUT2D eigenvalue weighted by Crippen LogP contribution is -2.42. The highest BCUT2D eigenvalue weighted by molar-refractivity contribution is 7.99. The molecule has 0 aromatic carbocycles. The van der Waals surface area contributed by atoms with Crippen molar-refractivity contribution in [2.75, 3.05) is 18.7 Å². The van der Waals surface area contributed by atoms with Crippen molar-refractivity contribution in [3.05, 3.63) is 0 Å². The number of ether oxygens (including phenoxy) is 1. The highest BCUT2D eigenvalue weighted by atomic mass is 32.2. The SMILES string of the molecule is COC(=O)C1CSCN1C(=O)CC(C)=O. The van der Waals surface area contributed by atoms with E-state index in [2.05, 4.69) is 4.74 Å². The second-order valence-corrected chi connectivity index (χ2v) is 4.28. The van der Waals surface area contributed by atoms with Gasteiger partial charge in [-0.3, -0.25) is 9.59 Å². The quantitative estimate of drug-likeness (QED) is 0.507. The molecule has 1 saturated heterocycles. The summed E-state index contributed by atoms with van der Waals surface area (Å²) in [5.41, 5.74) is 0. The topological polar surface area (TPSA) is 63.7 Å². The largest absolute Gasteiger partial charge is 0.467 e. The van der Waals surface area contributed by atoms with Crippen LogP contribution in [-0.2, 0) is 19.1 Å². The van der Waals surface area contributed by atoms with Crippen LogP contribution in [0, 0.1) is 0 Å². The second kappa shape index (κ2) is 5.16. The number of Topliss-reactive ketones (excluding diaryl/α,β-unsaturated/α-hetero) is 1. The minimum atomic E-state index is -0.535. The summed E-state index contributed by atoms with van der Waals surface area (Å²) < 4.78 is 4.59. The van der Waals surface area contributed by atoms with Gasteiger partial charge in [-0.15, -0.1) is 11.8 Å². The van der Waals surface area contributed by atoms with Gasteiger partial charge in [-0.25, -0.2) is 4.79 Å². The fraction of sp³-hybridized carbons (Fsp3) is 0.667. The van der Waals surface area contributed by atoms with Crippen molar-refractivity contribution < 1.29 is 19.1 Å². The zero-order chi connectivity index (χ0) is 11.4. The second-order valence-electron chi connectivity index (χ2n) is 3.28. The maximum Gasteiger partial charge on any atom is 0.329 e. The Morgan fingerprint density at radius 1 is 1.47 bits per heavy atom. The van der Waals surface area contributed by atoms with Gasteiger partial charge >= 0.3 is 5.97 Å². The molecule has 84 valence electrons. The number of rotatable bonds is 3. The van der Waals surface area contributed by atoms with Crippen molar-refractivity contribution in [2.24, 2.45) is 0 Å². The highest BCUT2D eigenvalue weighted by Gasteiger charge is 2.35. The molecule has 1 fully saturated rings. The molecule has 0 bridgehead atoms. The summed E-state index contributed by atoms with van der Waals surface area (Å²) in [6.45, 7) is 1.36. The number of thioether (sulfide) groups is 1. The summed E-state index contributed by atoms with van der Waals surface area (Å²) in [5.74, 6) is 0.0719. The number of carbonyl (C=O) groups excluding carboxylic acids is 3. The smallest absolute Gasteiger partial charge is 0.329 e. The Balaban J connectivity index is 2.63. The van der Waals surface area contributed by atoms with Gasteiger partial charge in [0.2, 0.25) is 5.91 Å². The van der Waals surface area contributed by atoms with Gasteiger partial charge in [0.1, 0.15) is 11.8 Å². The van der Waals surface area contributed by atoms with Crippen LogP contribution in [0.3, 0.4) is 0 Å². The first kappa shape index (κ1) is 12.0. The van der Waals surface area contributed by atoms with Crippen molar-refractivity contribution in [3.8, 4) is 0 Å². The van der Waals surface area contributed by atoms with Crippen LogP contribution in [0.5, 0.6) is 0 Å². The average Bonchev–Trinajstić information content (AvgIpc) is 2.63. The van der Waals surface area contributed by atoms with Crippen LogP contribution in [0.15, 0.2) is 0 Å². The van der Waals surface area contributed by atoms with Crippen molar-refractivity contribution in [1.82, 2.24) is 4.90 Å². The molecule has 0 spiro atoms. The first-order chi connectivity index (χ1) is 7.06. The Kier molecular flexibility index (Phi) is 4.14. The van der Waals surface area contributed by atoms with E-state index in [-0.39, 0.29) is 18.1 Å². The first-order valence-corrected chi connectivity index (χ1v) is 5.66. The van der Waals surface area contributed by atoms with E-state index in [1.807, 2.05) is 0 Å². The Morgan fingerprint density at radius 3 is 2.67 bits per heavy atom. The standard InChI is InChI=1S/C9H13NO4S/c1-6(11)3-8(12)10-5-15-4-7(10)9(13)14-2/h7H,3-5H2,1-2H3. The number of hydrogen-bond acceptors (Lipinski definition) is 5. The Labute approximate surface area is 92.1 Å². The summed E-state index contributed by atoms with van der Waals surface area (Å²) in [7, 11) is 1.29. The number of hydrogen-bond donors (Lipinski definition) is 0. The van der Waals surface area contributed by atoms with E-state index in [1.54, 1.807) is 0 Å². The maximum atomic E-state index is 11.6. The average molecular weight is 231 g/mol. The molecule has 1 atom stereocenters. The normalized spacial score (nSPS) is 20.1. The van der Waals surface area contributed by atoms with Crippen molar-refractivity contribution in [1.29, 1.82) is 0 Å². The molecule has 6 heteroatoms. The van der Waals surface area contributed by atoms with E-state index in [4.69, 9.17) is 0 Å². The highest BCUT2D eigenvalue weighted by Crippen LogP contribution is 2.22. The van der Waals surface area contributed by atoms with E-state index in [0.29, 0.717) is 11.6 Å². The number of nitrogens with zero attached hydrogens (tertiary/aromatic N) is 1. The van der Waals surface area contributed by atoms with E-state index in [9.17, 15) is 14.4 Å². The molecule has 1 aliphatic heterocycles. The molecule has 1 aliphatic rings. The molecular formula is C9H13NO4S. The molecule has 1 amide bonds. The number of ketones is 1. The third-order valence-electron chi connectivity index (χ3n) is 2.08. The van der Waals surface area contributed by atoms with Crippen molar-refractivity contribution in [3.63, 3.8) is 0 Å². The minimum absolute atomic E-state index is 0.145. The summed E-state index contributed by atoms with van der Waals surface area (Å²) in [4.78, 5) is 35.1. The van der Waals surface area contributed by atoms with Gasteiger partial charge in [-0.05, 0) is 6.92 Å². The van der Waals surface area contributed by atoms with Crippen LogP contribution in [0.4, 0.5) is 0 Å². The molecule has 0 saturated carbocycles. The molecule has 0 aliphatic carbocycles. The van der Waals surface area contributed by atoms with Crippen LogP contribution >= 0.6 is 11.8 Å². The molecule has 5 nitrogen and oxygen atoms in total. The number of amides is 1. The predicted octanol–water partition coefficient (Wildman–Crippen LogP) is 0.0400. The molecule has 1 heterocycles. The summed E-state index contributed by atoms with van der Waals surface area (Å²) in [6, 6.07) is -0.535. The number of carbonyl (C=O) groups is 3. The maximum absolute atomic E-state index is 11.6. The third kappa shape index (κ3) is 2.95. The molecule has 0 aromatic heterocycles. The Morgan fingerprint density at radius 2 is 2.13 bits per heavy atom. The van der Waals surface area contributed by atoms with Crippen LogP contribution in [0.1, 0.15) is 13.3 Å². The van der Waals surface area contributed by atoms with Gasteiger partial charge in [-0.1, -0.05) is 0 Å². The summed E-state index contributed by atoms with van der Waals surface area (Å²) in [5, 5.41) is 0. The van der Waals surface area contributed by atoms with E-state index >= 15 is 0 Å². The lowest BCUT2D eigenvalue weighted by atomic mass is 10.2. The molecule has 0 radical (unpaired) electrons. The molecule has 1 unspecified atom stereocenters. The Hall–Kier alpha value is -1.04. The van der Waals surface area contributed by atoms with E-state index in [1.165, 1.54) is 30.7 Å².